The average Bonchev–Trinajstić information content (AvgIpc) is 3.38. The largest absolute Gasteiger partial charge is 0.489 e. The van der Waals surface area contributed by atoms with Gasteiger partial charge in [0.15, 0.2) is 5.96 Å². The molecule has 0 amide bonds. The zero-order valence-electron chi connectivity index (χ0n) is 15.4. The topological polar surface area (TPSA) is 46.1 Å². The van der Waals surface area contributed by atoms with Gasteiger partial charge in [0.1, 0.15) is 11.9 Å². The maximum Gasteiger partial charge on any atom is 0.193 e. The predicted molar refractivity (Wildman–Crippen MR) is 98.8 cm³/mol. The molecular weight excluding hydrogens is 302 g/mol. The summed E-state index contributed by atoms with van der Waals surface area (Å²) < 4.78 is 11.6. The van der Waals surface area contributed by atoms with Crippen LogP contribution in [-0.2, 0) is 4.74 Å². The lowest BCUT2D eigenvalue weighted by Gasteiger charge is -2.24. The van der Waals surface area contributed by atoms with Crippen LogP contribution >= 0.6 is 0 Å². The lowest BCUT2D eigenvalue weighted by atomic mass is 10.2. The Morgan fingerprint density at radius 1 is 1.33 bits per heavy atom. The molecule has 1 aromatic carbocycles. The van der Waals surface area contributed by atoms with Crippen molar-refractivity contribution in [1.82, 2.24) is 10.2 Å². The normalized spacial score (nSPS) is 15.9. The number of nitrogens with one attached hydrogen (secondary N) is 1. The second-order valence-electron chi connectivity index (χ2n) is 6.61. The van der Waals surface area contributed by atoms with Gasteiger partial charge in [-0.25, -0.2) is 0 Å². The van der Waals surface area contributed by atoms with Crippen LogP contribution < -0.4 is 10.1 Å². The van der Waals surface area contributed by atoms with Gasteiger partial charge < -0.3 is 19.7 Å². The Morgan fingerprint density at radius 2 is 2.04 bits per heavy atom. The van der Waals surface area contributed by atoms with Crippen molar-refractivity contribution >= 4 is 5.96 Å². The van der Waals surface area contributed by atoms with E-state index in [1.54, 1.807) is 7.05 Å². The smallest absolute Gasteiger partial charge is 0.193 e. The molecular formula is C19H31N3O2. The molecule has 134 valence electrons. The van der Waals surface area contributed by atoms with E-state index in [-0.39, 0.29) is 6.10 Å². The summed E-state index contributed by atoms with van der Waals surface area (Å²) >= 11 is 0. The number of hydrogen-bond acceptors (Lipinski definition) is 3. The molecule has 1 fully saturated rings. The molecule has 1 aliphatic rings. The summed E-state index contributed by atoms with van der Waals surface area (Å²) in [6.45, 7) is 7.31. The number of aryl methyl sites for hydroxylation is 1. The Hall–Kier alpha value is -1.75. The predicted octanol–water partition coefficient (Wildman–Crippen LogP) is 2.70. The first-order chi connectivity index (χ1) is 11.6. The average molecular weight is 333 g/mol. The Balaban J connectivity index is 1.66. The Bertz CT molecular complexity index is 512. The van der Waals surface area contributed by atoms with Gasteiger partial charge in [-0.1, -0.05) is 17.7 Å². The van der Waals surface area contributed by atoms with Crippen LogP contribution in [0.5, 0.6) is 5.75 Å². The highest BCUT2D eigenvalue weighted by Gasteiger charge is 2.21. The number of likely N-dealkylation sites (N-methyl/N-ethyl adjacent to an activating group) is 1. The Morgan fingerprint density at radius 3 is 2.67 bits per heavy atom. The van der Waals surface area contributed by atoms with Crippen molar-refractivity contribution in [2.45, 2.75) is 32.8 Å². The van der Waals surface area contributed by atoms with E-state index in [0.717, 1.165) is 37.4 Å². The highest BCUT2D eigenvalue weighted by molar-refractivity contribution is 5.79. The van der Waals surface area contributed by atoms with Gasteiger partial charge in [-0.15, -0.1) is 0 Å². The van der Waals surface area contributed by atoms with Crippen molar-refractivity contribution < 1.29 is 9.47 Å². The van der Waals surface area contributed by atoms with E-state index in [4.69, 9.17) is 9.47 Å². The summed E-state index contributed by atoms with van der Waals surface area (Å²) in [7, 11) is 3.83. The molecule has 1 saturated carbocycles. The van der Waals surface area contributed by atoms with Gasteiger partial charge in [-0.3, -0.25) is 4.99 Å². The monoisotopic (exact) mass is 333 g/mol. The Kier molecular flexibility index (Phi) is 7.37. The summed E-state index contributed by atoms with van der Waals surface area (Å²) in [6.07, 6.45) is 2.72. The third kappa shape index (κ3) is 6.79. The second-order valence-corrected chi connectivity index (χ2v) is 6.61. The number of aliphatic imine (C=N–C) groups is 1. The fourth-order valence-electron chi connectivity index (χ4n) is 2.35. The summed E-state index contributed by atoms with van der Waals surface area (Å²) in [5.41, 5.74) is 1.24. The first kappa shape index (κ1) is 18.6. The van der Waals surface area contributed by atoms with Gasteiger partial charge in [0.2, 0.25) is 0 Å². The van der Waals surface area contributed by atoms with Crippen LogP contribution in [-0.4, -0.2) is 57.4 Å². The van der Waals surface area contributed by atoms with Crippen molar-refractivity contribution in [1.29, 1.82) is 0 Å². The molecule has 1 N–H and O–H groups in total. The van der Waals surface area contributed by atoms with E-state index in [2.05, 4.69) is 41.2 Å². The second kappa shape index (κ2) is 9.52. The van der Waals surface area contributed by atoms with Gasteiger partial charge in [-0.05, 0) is 44.7 Å². The van der Waals surface area contributed by atoms with Crippen LogP contribution in [0.15, 0.2) is 29.3 Å². The molecule has 1 aliphatic carbocycles. The molecule has 1 atom stereocenters. The van der Waals surface area contributed by atoms with Gasteiger partial charge in [0, 0.05) is 27.2 Å². The molecule has 24 heavy (non-hydrogen) atoms. The molecule has 2 rings (SSSR count). The van der Waals surface area contributed by atoms with E-state index in [0.29, 0.717) is 6.54 Å². The van der Waals surface area contributed by atoms with Gasteiger partial charge in [-0.2, -0.15) is 0 Å². The maximum absolute atomic E-state index is 5.92. The minimum Gasteiger partial charge on any atom is -0.489 e. The minimum absolute atomic E-state index is 0.0592. The highest BCUT2D eigenvalue weighted by Crippen LogP contribution is 2.28. The molecule has 1 unspecified atom stereocenters. The lowest BCUT2D eigenvalue weighted by molar-refractivity contribution is 0.115. The van der Waals surface area contributed by atoms with Crippen molar-refractivity contribution in [2.75, 3.05) is 40.4 Å². The van der Waals surface area contributed by atoms with Crippen molar-refractivity contribution in [3.05, 3.63) is 29.8 Å². The quantitative estimate of drug-likeness (QED) is 0.429. The Labute approximate surface area is 146 Å². The van der Waals surface area contributed by atoms with Crippen molar-refractivity contribution in [3.8, 4) is 5.75 Å². The molecule has 0 heterocycles. The van der Waals surface area contributed by atoms with Crippen LogP contribution in [0.1, 0.15) is 25.3 Å². The summed E-state index contributed by atoms with van der Waals surface area (Å²) in [4.78, 5) is 6.41. The molecule has 5 nitrogen and oxygen atoms in total. The van der Waals surface area contributed by atoms with E-state index in [1.165, 1.54) is 18.4 Å². The number of hydrogen-bond donors (Lipinski definition) is 1. The van der Waals surface area contributed by atoms with Crippen LogP contribution in [0.3, 0.4) is 0 Å². The fourth-order valence-corrected chi connectivity index (χ4v) is 2.35. The maximum atomic E-state index is 5.92. The first-order valence-corrected chi connectivity index (χ1v) is 8.81. The number of ether oxygens (including phenoxy) is 2. The van der Waals surface area contributed by atoms with E-state index in [1.807, 2.05) is 19.2 Å². The zero-order valence-corrected chi connectivity index (χ0v) is 15.4. The molecule has 5 heteroatoms. The number of benzene rings is 1. The zero-order chi connectivity index (χ0) is 17.4. The van der Waals surface area contributed by atoms with Gasteiger partial charge in [0.25, 0.3) is 0 Å². The van der Waals surface area contributed by atoms with Crippen LogP contribution in [0.2, 0.25) is 0 Å². The molecule has 0 aliphatic heterocycles. The molecule has 0 spiro atoms. The molecule has 1 aromatic rings. The SMILES string of the molecule is CN=C(NCC(C)Oc1ccc(C)cc1)N(C)CCOCC1CC1. The first-order valence-electron chi connectivity index (χ1n) is 8.81. The number of nitrogens with zero attached hydrogens (tertiary/aromatic N) is 2. The summed E-state index contributed by atoms with van der Waals surface area (Å²) in [6, 6.07) is 8.13. The van der Waals surface area contributed by atoms with Crippen LogP contribution in [0, 0.1) is 12.8 Å². The molecule has 0 aromatic heterocycles. The number of guanidine groups is 1. The highest BCUT2D eigenvalue weighted by atomic mass is 16.5. The lowest BCUT2D eigenvalue weighted by Crippen LogP contribution is -2.44. The van der Waals surface area contributed by atoms with E-state index >= 15 is 0 Å². The van der Waals surface area contributed by atoms with Gasteiger partial charge >= 0.3 is 0 Å². The number of rotatable bonds is 9. The van der Waals surface area contributed by atoms with Gasteiger partial charge in [0.05, 0.1) is 13.2 Å². The van der Waals surface area contributed by atoms with Crippen LogP contribution in [0.25, 0.3) is 0 Å². The van der Waals surface area contributed by atoms with Crippen LogP contribution in [0.4, 0.5) is 0 Å². The molecule has 0 saturated heterocycles. The third-order valence-corrected chi connectivity index (χ3v) is 4.10. The summed E-state index contributed by atoms with van der Waals surface area (Å²) in [5.74, 6) is 2.57. The summed E-state index contributed by atoms with van der Waals surface area (Å²) in [5, 5.41) is 3.36. The third-order valence-electron chi connectivity index (χ3n) is 4.10. The molecule has 0 radical (unpaired) electrons. The van der Waals surface area contributed by atoms with E-state index < -0.39 is 0 Å². The standard InChI is InChI=1S/C19H31N3O2/c1-15-5-9-18(10-6-15)24-16(2)13-21-19(20-3)22(4)11-12-23-14-17-7-8-17/h5-6,9-10,16-17H,7-8,11-14H2,1-4H3,(H,20,21). The fraction of sp³-hybridized carbons (Fsp3) is 0.632. The molecule has 0 bridgehead atoms. The minimum atomic E-state index is 0.0592. The van der Waals surface area contributed by atoms with Crippen molar-refractivity contribution in [3.63, 3.8) is 0 Å². The van der Waals surface area contributed by atoms with Crippen molar-refractivity contribution in [2.24, 2.45) is 10.9 Å². The van der Waals surface area contributed by atoms with E-state index in [9.17, 15) is 0 Å².